The molecule has 0 aromatic heterocycles. The highest BCUT2D eigenvalue weighted by Gasteiger charge is 2.15. The molecule has 2 nitrogen and oxygen atoms in total. The third-order valence-corrected chi connectivity index (χ3v) is 3.64. The lowest BCUT2D eigenvalue weighted by Crippen LogP contribution is -2.11. The minimum absolute atomic E-state index is 0.111. The van der Waals surface area contributed by atoms with E-state index in [1.807, 2.05) is 0 Å². The molecule has 0 saturated heterocycles. The number of rotatable bonds is 3. The molecule has 0 heterocycles. The quantitative estimate of drug-likeness (QED) is 0.829. The van der Waals surface area contributed by atoms with Crippen LogP contribution < -0.4 is 5.73 Å². The van der Waals surface area contributed by atoms with E-state index in [4.69, 9.17) is 5.73 Å². The molecule has 0 aliphatic heterocycles. The Morgan fingerprint density at radius 1 is 1.38 bits per heavy atom. The highest BCUT2D eigenvalue weighted by atomic mass is 32.2. The highest BCUT2D eigenvalue weighted by molar-refractivity contribution is 7.85. The van der Waals surface area contributed by atoms with E-state index in [9.17, 15) is 8.60 Å². The molecule has 0 fully saturated rings. The zero-order chi connectivity index (χ0) is 12.3. The number of nitrogens with two attached hydrogens (primary N) is 1. The fraction of sp³-hybridized carbons (Fsp3) is 0.500. The van der Waals surface area contributed by atoms with Crippen LogP contribution in [0.4, 0.5) is 10.1 Å². The van der Waals surface area contributed by atoms with E-state index in [0.717, 1.165) is 6.42 Å². The summed E-state index contributed by atoms with van der Waals surface area (Å²) in [7, 11) is -1.28. The van der Waals surface area contributed by atoms with Gasteiger partial charge in [0.05, 0.1) is 15.7 Å². The van der Waals surface area contributed by atoms with Crippen LogP contribution in [0, 0.1) is 11.2 Å². The molecule has 1 rings (SSSR count). The monoisotopic (exact) mass is 243 g/mol. The number of benzene rings is 1. The molecule has 4 heteroatoms. The van der Waals surface area contributed by atoms with Crippen LogP contribution >= 0.6 is 0 Å². The minimum atomic E-state index is -1.28. The van der Waals surface area contributed by atoms with Crippen molar-refractivity contribution in [3.8, 4) is 0 Å². The van der Waals surface area contributed by atoms with Crippen molar-refractivity contribution < 1.29 is 8.60 Å². The SMILES string of the molecule is CC(C)(C)CCS(=O)c1ccc(N)cc1F. The molecule has 0 saturated carbocycles. The molecular weight excluding hydrogens is 225 g/mol. The summed E-state index contributed by atoms with van der Waals surface area (Å²) in [5.41, 5.74) is 5.90. The van der Waals surface area contributed by atoms with Crippen molar-refractivity contribution in [1.82, 2.24) is 0 Å². The number of hydrogen-bond donors (Lipinski definition) is 1. The van der Waals surface area contributed by atoms with Crippen LogP contribution in [0.25, 0.3) is 0 Å². The van der Waals surface area contributed by atoms with Crippen molar-refractivity contribution in [1.29, 1.82) is 0 Å². The molecule has 1 unspecified atom stereocenters. The third-order valence-electron chi connectivity index (χ3n) is 2.24. The summed E-state index contributed by atoms with van der Waals surface area (Å²) in [4.78, 5) is 0.249. The molecule has 1 atom stereocenters. The van der Waals surface area contributed by atoms with Crippen LogP contribution in [0.3, 0.4) is 0 Å². The summed E-state index contributed by atoms with van der Waals surface area (Å²) in [6.07, 6.45) is 0.795. The van der Waals surface area contributed by atoms with E-state index >= 15 is 0 Å². The van der Waals surface area contributed by atoms with Gasteiger partial charge in [-0.1, -0.05) is 20.8 Å². The van der Waals surface area contributed by atoms with Crippen molar-refractivity contribution in [2.45, 2.75) is 32.1 Å². The first-order valence-corrected chi connectivity index (χ1v) is 6.55. The smallest absolute Gasteiger partial charge is 0.141 e. The summed E-state index contributed by atoms with van der Waals surface area (Å²) in [6, 6.07) is 4.29. The largest absolute Gasteiger partial charge is 0.399 e. The second-order valence-electron chi connectivity index (χ2n) is 5.05. The van der Waals surface area contributed by atoms with Gasteiger partial charge >= 0.3 is 0 Å². The van der Waals surface area contributed by atoms with Crippen LogP contribution in [0.1, 0.15) is 27.2 Å². The Morgan fingerprint density at radius 2 is 2.00 bits per heavy atom. The first-order valence-electron chi connectivity index (χ1n) is 5.23. The topological polar surface area (TPSA) is 43.1 Å². The molecule has 1 aromatic carbocycles. The van der Waals surface area contributed by atoms with Gasteiger partial charge in [-0.05, 0) is 30.0 Å². The number of anilines is 1. The zero-order valence-electron chi connectivity index (χ0n) is 9.92. The molecule has 0 radical (unpaired) electrons. The van der Waals surface area contributed by atoms with Gasteiger partial charge in [0.15, 0.2) is 0 Å². The van der Waals surface area contributed by atoms with Gasteiger partial charge in [-0.25, -0.2) is 4.39 Å². The maximum absolute atomic E-state index is 13.4. The van der Waals surface area contributed by atoms with E-state index in [2.05, 4.69) is 20.8 Å². The fourth-order valence-corrected chi connectivity index (χ4v) is 2.72. The van der Waals surface area contributed by atoms with Gasteiger partial charge < -0.3 is 5.73 Å². The van der Waals surface area contributed by atoms with Crippen LogP contribution in [0.2, 0.25) is 0 Å². The van der Waals surface area contributed by atoms with Crippen molar-refractivity contribution in [3.05, 3.63) is 24.0 Å². The van der Waals surface area contributed by atoms with E-state index in [1.165, 1.54) is 12.1 Å². The first kappa shape index (κ1) is 13.2. The summed E-state index contributed by atoms with van der Waals surface area (Å²) in [6.45, 7) is 6.22. The van der Waals surface area contributed by atoms with Crippen molar-refractivity contribution >= 4 is 16.5 Å². The Balaban J connectivity index is 2.74. The second kappa shape index (κ2) is 4.95. The van der Waals surface area contributed by atoms with E-state index in [0.29, 0.717) is 11.4 Å². The molecule has 0 aliphatic rings. The molecule has 0 aliphatic carbocycles. The van der Waals surface area contributed by atoms with Crippen LogP contribution in [-0.4, -0.2) is 9.96 Å². The van der Waals surface area contributed by atoms with Crippen molar-refractivity contribution in [2.75, 3.05) is 11.5 Å². The Hall–Kier alpha value is -0.900. The maximum Gasteiger partial charge on any atom is 0.141 e. The van der Waals surface area contributed by atoms with Gasteiger partial charge in [-0.3, -0.25) is 4.21 Å². The zero-order valence-corrected chi connectivity index (χ0v) is 10.7. The van der Waals surface area contributed by atoms with E-state index in [-0.39, 0.29) is 10.3 Å². The molecular formula is C12H18FNOS. The summed E-state index contributed by atoms with van der Waals surface area (Å²) >= 11 is 0. The fourth-order valence-electron chi connectivity index (χ4n) is 1.21. The van der Waals surface area contributed by atoms with Gasteiger partial charge in [0.25, 0.3) is 0 Å². The van der Waals surface area contributed by atoms with Crippen molar-refractivity contribution in [2.24, 2.45) is 5.41 Å². The second-order valence-corrected chi connectivity index (χ2v) is 6.59. The molecule has 0 amide bonds. The predicted molar refractivity (Wildman–Crippen MR) is 66.2 cm³/mol. The summed E-state index contributed by atoms with van der Waals surface area (Å²) in [5.74, 6) is -0.00288. The van der Waals surface area contributed by atoms with Crippen LogP contribution in [0.5, 0.6) is 0 Å². The Morgan fingerprint density at radius 3 is 2.50 bits per heavy atom. The first-order chi connectivity index (χ1) is 7.29. The Labute approximate surface area is 98.5 Å². The standard InChI is InChI=1S/C12H18FNOS/c1-12(2,3)6-7-16(15)11-5-4-9(14)8-10(11)13/h4-5,8H,6-7,14H2,1-3H3. The molecule has 0 spiro atoms. The van der Waals surface area contributed by atoms with Gasteiger partial charge in [0.2, 0.25) is 0 Å². The molecule has 2 N–H and O–H groups in total. The molecule has 1 aromatic rings. The highest BCUT2D eigenvalue weighted by Crippen LogP contribution is 2.22. The molecule has 0 bridgehead atoms. The minimum Gasteiger partial charge on any atom is -0.399 e. The normalized spacial score (nSPS) is 13.8. The maximum atomic E-state index is 13.4. The predicted octanol–water partition coefficient (Wildman–Crippen LogP) is 2.95. The van der Waals surface area contributed by atoms with Crippen LogP contribution in [0.15, 0.2) is 23.1 Å². The summed E-state index contributed by atoms with van der Waals surface area (Å²) in [5, 5.41) is 0. The number of halogens is 1. The van der Waals surface area contributed by atoms with Gasteiger partial charge in [-0.2, -0.15) is 0 Å². The Kier molecular flexibility index (Phi) is 4.08. The lowest BCUT2D eigenvalue weighted by Gasteiger charge is -2.17. The lowest BCUT2D eigenvalue weighted by atomic mass is 9.94. The lowest BCUT2D eigenvalue weighted by molar-refractivity contribution is 0.399. The average Bonchev–Trinajstić information content (AvgIpc) is 2.13. The van der Waals surface area contributed by atoms with Gasteiger partial charge in [0, 0.05) is 11.4 Å². The molecule has 16 heavy (non-hydrogen) atoms. The molecule has 90 valence electrons. The van der Waals surface area contributed by atoms with E-state index < -0.39 is 16.6 Å². The number of nitrogen functional groups attached to an aromatic ring is 1. The van der Waals surface area contributed by atoms with Gasteiger partial charge in [0.1, 0.15) is 5.82 Å². The van der Waals surface area contributed by atoms with E-state index in [1.54, 1.807) is 6.07 Å². The van der Waals surface area contributed by atoms with Crippen LogP contribution in [-0.2, 0) is 10.8 Å². The number of hydrogen-bond acceptors (Lipinski definition) is 2. The summed E-state index contributed by atoms with van der Waals surface area (Å²) < 4.78 is 25.3. The Bertz CT molecular complexity index is 398. The van der Waals surface area contributed by atoms with Gasteiger partial charge in [-0.15, -0.1) is 0 Å². The van der Waals surface area contributed by atoms with Crippen molar-refractivity contribution in [3.63, 3.8) is 0 Å². The third kappa shape index (κ3) is 3.93. The average molecular weight is 243 g/mol.